The molecule has 0 amide bonds. The molecule has 0 saturated carbocycles. The number of fused-ring (bicyclic) bond motifs is 1. The number of hydrogen-bond acceptors (Lipinski definition) is 21. The molecule has 4 heterocycles. The van der Waals surface area contributed by atoms with Crippen molar-refractivity contribution in [3.8, 4) is 17.2 Å². The largest absolute Gasteiger partial charge is 0.508 e. The zero-order chi connectivity index (χ0) is 39.3. The summed E-state index contributed by atoms with van der Waals surface area (Å²) in [6, 6.07) is 1.94. The van der Waals surface area contributed by atoms with Crippen molar-refractivity contribution in [1.82, 2.24) is 0 Å². The summed E-state index contributed by atoms with van der Waals surface area (Å²) in [5.41, 5.74) is -0.129. The SMILES string of the molecule is CC1O[C@@H](OCC2O[C@@H](OC3=C(c4cc(O)c(O)c(O)c4)OC4C=C(O)C=C(O[C@@H]5OC(CO)[C@@H](O)[C@H](O)C5O)C4=C3)C(O)C(O)[C@@H]2O)C(O)[C@@H](O)[C@H]1O. The van der Waals surface area contributed by atoms with E-state index in [9.17, 15) is 71.5 Å². The van der Waals surface area contributed by atoms with Gasteiger partial charge in [0.2, 0.25) is 12.6 Å². The molecule has 0 spiro atoms. The number of benzene rings is 1. The summed E-state index contributed by atoms with van der Waals surface area (Å²) in [5, 5.41) is 145. The van der Waals surface area contributed by atoms with Crippen LogP contribution in [0.25, 0.3) is 5.76 Å². The van der Waals surface area contributed by atoms with Crippen LogP contribution in [0.2, 0.25) is 0 Å². The van der Waals surface area contributed by atoms with Crippen LogP contribution in [-0.4, -0.2) is 183 Å². The van der Waals surface area contributed by atoms with Gasteiger partial charge in [0.15, 0.2) is 35.1 Å². The zero-order valence-electron chi connectivity index (χ0n) is 28.2. The standard InChI is InChI=1S/C33H42O21/c1-9-20(38)24(42)27(45)31(49-9)48-8-19-23(41)26(44)29(47)33(54-19)52-17-6-12-15(50-30(17)10-2-13(36)21(39)14(37)3-10)4-11(35)5-16(12)51-32-28(46)25(43)22(40)18(7-34)53-32/h2-6,9,15,18-20,22-29,31-47H,7-8H2,1H3/t9?,15?,18?,19?,20-,22+,23+,24-,25-,26?,27?,28?,29?,31+,32+,33+/m0/s1. The number of phenols is 3. The monoisotopic (exact) mass is 774 g/mol. The van der Waals surface area contributed by atoms with Crippen molar-refractivity contribution in [1.29, 1.82) is 0 Å². The first kappa shape index (κ1) is 39.9. The van der Waals surface area contributed by atoms with Crippen molar-refractivity contribution >= 4 is 5.76 Å². The lowest BCUT2D eigenvalue weighted by Gasteiger charge is -2.43. The lowest BCUT2D eigenvalue weighted by atomic mass is 9.96. The van der Waals surface area contributed by atoms with Crippen molar-refractivity contribution in [3.63, 3.8) is 0 Å². The van der Waals surface area contributed by atoms with Crippen molar-refractivity contribution in [3.05, 3.63) is 58.8 Å². The summed E-state index contributed by atoms with van der Waals surface area (Å²) in [4.78, 5) is 0. The number of rotatable bonds is 9. The fourth-order valence-electron chi connectivity index (χ4n) is 6.34. The summed E-state index contributed by atoms with van der Waals surface area (Å²) in [6.45, 7) is 0.0150. The van der Waals surface area contributed by atoms with E-state index < -0.39 is 134 Å². The summed E-state index contributed by atoms with van der Waals surface area (Å²) >= 11 is 0. The van der Waals surface area contributed by atoms with E-state index in [-0.39, 0.29) is 28.4 Å². The van der Waals surface area contributed by atoms with E-state index >= 15 is 0 Å². The second-order valence-corrected chi connectivity index (χ2v) is 13.3. The molecule has 1 aromatic rings. The van der Waals surface area contributed by atoms with Crippen LogP contribution in [0.1, 0.15) is 12.5 Å². The number of aromatic hydroxyl groups is 3. The molecule has 3 saturated heterocycles. The van der Waals surface area contributed by atoms with E-state index in [1.807, 2.05) is 0 Å². The molecule has 16 atom stereocenters. The van der Waals surface area contributed by atoms with Gasteiger partial charge in [0.05, 0.1) is 19.3 Å². The van der Waals surface area contributed by atoms with Gasteiger partial charge in [-0.1, -0.05) is 0 Å². The maximum atomic E-state index is 10.9. The molecule has 0 bridgehead atoms. The smallest absolute Gasteiger partial charge is 0.229 e. The van der Waals surface area contributed by atoms with Crippen LogP contribution in [0.3, 0.4) is 0 Å². The van der Waals surface area contributed by atoms with E-state index in [1.165, 1.54) is 19.1 Å². The first-order valence-electron chi connectivity index (χ1n) is 16.7. The molecule has 21 nitrogen and oxygen atoms in total. The van der Waals surface area contributed by atoms with Gasteiger partial charge in [0, 0.05) is 23.3 Å². The molecule has 4 aliphatic heterocycles. The fourth-order valence-corrected chi connectivity index (χ4v) is 6.34. The Morgan fingerprint density at radius 3 is 1.81 bits per heavy atom. The average Bonchev–Trinajstić information content (AvgIpc) is 3.14. The molecule has 54 heavy (non-hydrogen) atoms. The topological polar surface area (TPSA) is 348 Å². The van der Waals surface area contributed by atoms with Crippen LogP contribution in [0.15, 0.2) is 53.2 Å². The number of ether oxygens (including phenoxy) is 7. The Labute approximate surface area is 304 Å². The summed E-state index contributed by atoms with van der Waals surface area (Å²) in [5.74, 6) is -3.88. The predicted molar refractivity (Wildman–Crippen MR) is 171 cm³/mol. The molecule has 0 radical (unpaired) electrons. The Bertz CT molecular complexity index is 1630. The molecular weight excluding hydrogens is 732 g/mol. The third-order valence-corrected chi connectivity index (χ3v) is 9.52. The molecule has 3 fully saturated rings. The highest BCUT2D eigenvalue weighted by molar-refractivity contribution is 5.72. The minimum absolute atomic E-state index is 0.0137. The van der Waals surface area contributed by atoms with Crippen molar-refractivity contribution < 1.29 is 105 Å². The van der Waals surface area contributed by atoms with Gasteiger partial charge < -0.3 is 105 Å². The minimum Gasteiger partial charge on any atom is -0.508 e. The highest BCUT2D eigenvalue weighted by Gasteiger charge is 2.49. The molecule has 300 valence electrons. The van der Waals surface area contributed by atoms with Crippen molar-refractivity contribution in [2.45, 2.75) is 105 Å². The molecule has 1 aromatic carbocycles. The third kappa shape index (κ3) is 7.56. The van der Waals surface area contributed by atoms with Crippen LogP contribution < -0.4 is 0 Å². The van der Waals surface area contributed by atoms with Gasteiger partial charge in [0.1, 0.15) is 84.8 Å². The van der Waals surface area contributed by atoms with E-state index in [0.717, 1.165) is 18.2 Å². The molecule has 0 aromatic heterocycles. The van der Waals surface area contributed by atoms with Gasteiger partial charge in [-0.3, -0.25) is 0 Å². The van der Waals surface area contributed by atoms with Crippen molar-refractivity contribution in [2.75, 3.05) is 13.2 Å². The predicted octanol–water partition coefficient (Wildman–Crippen LogP) is -4.38. The molecule has 8 unspecified atom stereocenters. The highest BCUT2D eigenvalue weighted by Crippen LogP contribution is 2.44. The minimum atomic E-state index is -1.98. The van der Waals surface area contributed by atoms with E-state index in [1.54, 1.807) is 0 Å². The molecule has 21 heteroatoms. The zero-order valence-corrected chi connectivity index (χ0v) is 28.2. The quantitative estimate of drug-likeness (QED) is 0.105. The first-order chi connectivity index (χ1) is 25.5. The van der Waals surface area contributed by atoms with E-state index in [2.05, 4.69) is 0 Å². The lowest BCUT2D eigenvalue weighted by molar-refractivity contribution is -0.323. The average molecular weight is 775 g/mol. The Morgan fingerprint density at radius 2 is 1.19 bits per heavy atom. The number of allylic oxidation sites excluding steroid dienone is 2. The first-order valence-corrected chi connectivity index (χ1v) is 16.7. The van der Waals surface area contributed by atoms with Gasteiger partial charge in [0.25, 0.3) is 0 Å². The van der Waals surface area contributed by atoms with Crippen LogP contribution in [0.5, 0.6) is 17.2 Å². The van der Waals surface area contributed by atoms with E-state index in [0.29, 0.717) is 0 Å². The molecular formula is C33H42O21. The number of aliphatic hydroxyl groups is 11. The summed E-state index contributed by atoms with van der Waals surface area (Å²) in [6.07, 6.45) is -22.7. The molecule has 6 rings (SSSR count). The van der Waals surface area contributed by atoms with Crippen LogP contribution in [0.4, 0.5) is 0 Å². The van der Waals surface area contributed by atoms with E-state index in [4.69, 9.17) is 33.2 Å². The Morgan fingerprint density at radius 1 is 0.630 bits per heavy atom. The molecule has 1 aliphatic carbocycles. The Balaban J connectivity index is 1.32. The second kappa shape index (κ2) is 15.8. The lowest BCUT2D eigenvalue weighted by Crippen LogP contribution is -2.61. The highest BCUT2D eigenvalue weighted by atomic mass is 16.7. The van der Waals surface area contributed by atoms with Gasteiger partial charge >= 0.3 is 0 Å². The van der Waals surface area contributed by atoms with Gasteiger partial charge in [-0.2, -0.15) is 0 Å². The Kier molecular flexibility index (Phi) is 11.6. The fraction of sp³-hybridized carbons (Fsp3) is 0.576. The third-order valence-electron chi connectivity index (χ3n) is 9.52. The normalized spacial score (nSPS) is 41.2. The molecule has 5 aliphatic rings. The number of aliphatic hydroxyl groups excluding tert-OH is 11. The van der Waals surface area contributed by atoms with Crippen LogP contribution in [-0.2, 0) is 33.2 Å². The van der Waals surface area contributed by atoms with Gasteiger partial charge in [-0.15, -0.1) is 0 Å². The van der Waals surface area contributed by atoms with Crippen molar-refractivity contribution in [2.24, 2.45) is 0 Å². The van der Waals surface area contributed by atoms with Gasteiger partial charge in [-0.05, 0) is 25.1 Å². The maximum absolute atomic E-state index is 10.9. The Hall–Kier alpha value is -3.78. The second-order valence-electron chi connectivity index (χ2n) is 13.3. The number of hydrogen-bond donors (Lipinski definition) is 14. The number of phenolic OH excluding ortho intramolecular Hbond substituents is 3. The maximum Gasteiger partial charge on any atom is 0.229 e. The summed E-state index contributed by atoms with van der Waals surface area (Å²) in [7, 11) is 0. The van der Waals surface area contributed by atoms with Crippen LogP contribution in [0, 0.1) is 0 Å². The molecule has 14 N–H and O–H groups in total. The van der Waals surface area contributed by atoms with Gasteiger partial charge in [-0.25, -0.2) is 0 Å². The van der Waals surface area contributed by atoms with Crippen LogP contribution >= 0.6 is 0 Å². The summed E-state index contributed by atoms with van der Waals surface area (Å²) < 4.78 is 39.9.